The van der Waals surface area contributed by atoms with E-state index in [0.29, 0.717) is 24.7 Å². The quantitative estimate of drug-likeness (QED) is 0.864. The standard InChI is InChI=1S/C16H22ClN3O2/c1-11(2)19-15(21)9-14-16(22)20(8-7-18-14)10-12-5-3-4-6-13(12)17/h3-6,11,14,18H,7-10H2,1-2H3,(H,19,21). The maximum absolute atomic E-state index is 12.5. The Labute approximate surface area is 136 Å². The second-order valence-corrected chi connectivity index (χ2v) is 6.19. The third-order valence-corrected chi connectivity index (χ3v) is 3.91. The van der Waals surface area contributed by atoms with Crippen LogP contribution in [0.25, 0.3) is 0 Å². The second kappa shape index (κ2) is 7.61. The Bertz CT molecular complexity index is 548. The molecule has 0 radical (unpaired) electrons. The number of carbonyl (C=O) groups excluding carboxylic acids is 2. The van der Waals surface area contributed by atoms with Gasteiger partial charge >= 0.3 is 0 Å². The van der Waals surface area contributed by atoms with Crippen LogP contribution in [0, 0.1) is 0 Å². The highest BCUT2D eigenvalue weighted by Gasteiger charge is 2.30. The molecule has 1 aromatic rings. The van der Waals surface area contributed by atoms with Crippen molar-refractivity contribution < 1.29 is 9.59 Å². The first-order valence-corrected chi connectivity index (χ1v) is 7.90. The summed E-state index contributed by atoms with van der Waals surface area (Å²) >= 11 is 6.15. The largest absolute Gasteiger partial charge is 0.354 e. The van der Waals surface area contributed by atoms with E-state index >= 15 is 0 Å². The fourth-order valence-corrected chi connectivity index (χ4v) is 2.70. The predicted octanol–water partition coefficient (Wildman–Crippen LogP) is 1.56. The van der Waals surface area contributed by atoms with Crippen LogP contribution in [0.15, 0.2) is 24.3 Å². The van der Waals surface area contributed by atoms with Gasteiger partial charge in [-0.05, 0) is 25.5 Å². The topological polar surface area (TPSA) is 61.4 Å². The van der Waals surface area contributed by atoms with E-state index in [9.17, 15) is 9.59 Å². The lowest BCUT2D eigenvalue weighted by Gasteiger charge is -2.33. The number of hydrogen-bond donors (Lipinski definition) is 2. The molecule has 2 rings (SSSR count). The van der Waals surface area contributed by atoms with Gasteiger partial charge in [0.15, 0.2) is 0 Å². The maximum atomic E-state index is 12.5. The third kappa shape index (κ3) is 4.45. The number of halogens is 1. The van der Waals surface area contributed by atoms with Crippen molar-refractivity contribution in [3.63, 3.8) is 0 Å². The highest BCUT2D eigenvalue weighted by Crippen LogP contribution is 2.18. The minimum Gasteiger partial charge on any atom is -0.354 e. The first-order valence-electron chi connectivity index (χ1n) is 7.52. The van der Waals surface area contributed by atoms with Crippen LogP contribution in [0.5, 0.6) is 0 Å². The van der Waals surface area contributed by atoms with Crippen molar-refractivity contribution in [2.45, 2.75) is 38.9 Å². The molecule has 120 valence electrons. The lowest BCUT2D eigenvalue weighted by molar-refractivity contribution is -0.138. The lowest BCUT2D eigenvalue weighted by atomic mass is 10.1. The van der Waals surface area contributed by atoms with Crippen molar-refractivity contribution in [3.05, 3.63) is 34.9 Å². The molecule has 1 unspecified atom stereocenters. The van der Waals surface area contributed by atoms with E-state index in [2.05, 4.69) is 10.6 Å². The summed E-state index contributed by atoms with van der Waals surface area (Å²) < 4.78 is 0. The predicted molar refractivity (Wildman–Crippen MR) is 86.6 cm³/mol. The van der Waals surface area contributed by atoms with Gasteiger partial charge in [-0.15, -0.1) is 0 Å². The molecular weight excluding hydrogens is 302 g/mol. The highest BCUT2D eigenvalue weighted by atomic mass is 35.5. The fraction of sp³-hybridized carbons (Fsp3) is 0.500. The van der Waals surface area contributed by atoms with Crippen LogP contribution >= 0.6 is 11.6 Å². The summed E-state index contributed by atoms with van der Waals surface area (Å²) in [6.45, 7) is 5.57. The van der Waals surface area contributed by atoms with Crippen molar-refractivity contribution in [2.24, 2.45) is 0 Å². The molecule has 22 heavy (non-hydrogen) atoms. The monoisotopic (exact) mass is 323 g/mol. The molecule has 0 aliphatic carbocycles. The van der Waals surface area contributed by atoms with Crippen LogP contribution in [-0.4, -0.2) is 41.9 Å². The Hall–Kier alpha value is -1.59. The molecule has 1 aromatic carbocycles. The molecule has 1 atom stereocenters. The Morgan fingerprint density at radius 1 is 1.45 bits per heavy atom. The van der Waals surface area contributed by atoms with E-state index < -0.39 is 6.04 Å². The summed E-state index contributed by atoms with van der Waals surface area (Å²) in [5, 5.41) is 6.59. The molecule has 1 heterocycles. The molecule has 1 saturated heterocycles. The molecule has 1 aliphatic rings. The Kier molecular flexibility index (Phi) is 5.80. The smallest absolute Gasteiger partial charge is 0.240 e. The van der Waals surface area contributed by atoms with Crippen LogP contribution in [-0.2, 0) is 16.1 Å². The van der Waals surface area contributed by atoms with Crippen LogP contribution in [0.3, 0.4) is 0 Å². The summed E-state index contributed by atoms with van der Waals surface area (Å²) in [7, 11) is 0. The third-order valence-electron chi connectivity index (χ3n) is 3.54. The van der Waals surface area contributed by atoms with Gasteiger partial charge in [-0.1, -0.05) is 29.8 Å². The fourth-order valence-electron chi connectivity index (χ4n) is 2.51. The van der Waals surface area contributed by atoms with Crippen LogP contribution in [0.2, 0.25) is 5.02 Å². The maximum Gasteiger partial charge on any atom is 0.240 e. The van der Waals surface area contributed by atoms with Gasteiger partial charge in [0.25, 0.3) is 0 Å². The van der Waals surface area contributed by atoms with E-state index in [-0.39, 0.29) is 24.3 Å². The number of benzene rings is 1. The average molecular weight is 324 g/mol. The van der Waals surface area contributed by atoms with E-state index in [1.54, 1.807) is 4.90 Å². The summed E-state index contributed by atoms with van der Waals surface area (Å²) in [4.78, 5) is 26.1. The summed E-state index contributed by atoms with van der Waals surface area (Å²) in [6, 6.07) is 7.11. The molecule has 2 N–H and O–H groups in total. The first kappa shape index (κ1) is 16.8. The number of nitrogens with zero attached hydrogens (tertiary/aromatic N) is 1. The molecule has 0 spiro atoms. The van der Waals surface area contributed by atoms with Crippen molar-refractivity contribution in [2.75, 3.05) is 13.1 Å². The number of amides is 2. The number of nitrogens with one attached hydrogen (secondary N) is 2. The minimum absolute atomic E-state index is 0.0509. The minimum atomic E-state index is -0.463. The second-order valence-electron chi connectivity index (χ2n) is 5.78. The number of carbonyl (C=O) groups is 2. The van der Waals surface area contributed by atoms with Gasteiger partial charge in [-0.25, -0.2) is 0 Å². The van der Waals surface area contributed by atoms with Gasteiger partial charge in [0.2, 0.25) is 11.8 Å². The van der Waals surface area contributed by atoms with Gasteiger partial charge in [-0.3, -0.25) is 9.59 Å². The molecular formula is C16H22ClN3O2. The van der Waals surface area contributed by atoms with E-state index in [1.165, 1.54) is 0 Å². The van der Waals surface area contributed by atoms with Gasteiger partial charge < -0.3 is 15.5 Å². The SMILES string of the molecule is CC(C)NC(=O)CC1NCCN(Cc2ccccc2Cl)C1=O. The summed E-state index contributed by atoms with van der Waals surface area (Å²) in [5.41, 5.74) is 0.921. The Morgan fingerprint density at radius 2 is 2.18 bits per heavy atom. The molecule has 0 aromatic heterocycles. The zero-order valence-corrected chi connectivity index (χ0v) is 13.7. The number of rotatable bonds is 5. The van der Waals surface area contributed by atoms with Crippen LogP contribution in [0.1, 0.15) is 25.8 Å². The normalized spacial score (nSPS) is 18.6. The van der Waals surface area contributed by atoms with E-state index in [1.807, 2.05) is 38.1 Å². The Balaban J connectivity index is 1.98. The molecule has 1 aliphatic heterocycles. The van der Waals surface area contributed by atoms with Crippen molar-refractivity contribution >= 4 is 23.4 Å². The van der Waals surface area contributed by atoms with Gasteiger partial charge in [0.05, 0.1) is 12.5 Å². The first-order chi connectivity index (χ1) is 10.5. The van der Waals surface area contributed by atoms with Crippen molar-refractivity contribution in [1.29, 1.82) is 0 Å². The lowest BCUT2D eigenvalue weighted by Crippen LogP contribution is -2.56. The molecule has 0 bridgehead atoms. The number of hydrogen-bond acceptors (Lipinski definition) is 3. The van der Waals surface area contributed by atoms with Crippen LogP contribution in [0.4, 0.5) is 0 Å². The van der Waals surface area contributed by atoms with Crippen molar-refractivity contribution in [3.8, 4) is 0 Å². The summed E-state index contributed by atoms with van der Waals surface area (Å²) in [5.74, 6) is -0.162. The highest BCUT2D eigenvalue weighted by molar-refractivity contribution is 6.31. The molecule has 6 heteroatoms. The van der Waals surface area contributed by atoms with Crippen molar-refractivity contribution in [1.82, 2.24) is 15.5 Å². The van der Waals surface area contributed by atoms with Gasteiger partial charge in [-0.2, -0.15) is 0 Å². The Morgan fingerprint density at radius 3 is 2.86 bits per heavy atom. The molecule has 0 saturated carbocycles. The molecule has 2 amide bonds. The summed E-state index contributed by atoms with van der Waals surface area (Å²) in [6.07, 6.45) is 0.163. The van der Waals surface area contributed by atoms with Gasteiger partial charge in [0, 0.05) is 30.7 Å². The zero-order chi connectivity index (χ0) is 16.1. The van der Waals surface area contributed by atoms with Crippen LogP contribution < -0.4 is 10.6 Å². The number of piperazine rings is 1. The van der Waals surface area contributed by atoms with Gasteiger partial charge in [0.1, 0.15) is 0 Å². The van der Waals surface area contributed by atoms with E-state index in [0.717, 1.165) is 5.56 Å². The van der Waals surface area contributed by atoms with E-state index in [4.69, 9.17) is 11.6 Å². The molecule has 1 fully saturated rings. The molecule has 5 nitrogen and oxygen atoms in total. The average Bonchev–Trinajstić information content (AvgIpc) is 2.44. The zero-order valence-electron chi connectivity index (χ0n) is 12.9.